The summed E-state index contributed by atoms with van der Waals surface area (Å²) in [5.41, 5.74) is 3.79. The lowest BCUT2D eigenvalue weighted by Crippen LogP contribution is -2.28. The molecule has 1 aliphatic rings. The van der Waals surface area contributed by atoms with Crippen LogP contribution in [0.25, 0.3) is 10.9 Å². The average Bonchev–Trinajstić information content (AvgIpc) is 3.29. The molecular weight excluding hydrogens is 339 g/mol. The minimum atomic E-state index is -0.599. The topological polar surface area (TPSA) is 44.9 Å². The van der Waals surface area contributed by atoms with Gasteiger partial charge in [0.05, 0.1) is 5.41 Å². The second-order valence-electron chi connectivity index (χ2n) is 8.74. The smallest absolute Gasteiger partial charge is 0.235 e. The molecule has 4 rings (SSSR count). The molecular formula is C23H25FN2O. The van der Waals surface area contributed by atoms with Gasteiger partial charge in [-0.1, -0.05) is 32.9 Å². The second kappa shape index (κ2) is 5.95. The van der Waals surface area contributed by atoms with Crippen LogP contribution in [0.2, 0.25) is 0 Å². The summed E-state index contributed by atoms with van der Waals surface area (Å²) in [5, 5.41) is 4.12. The first-order chi connectivity index (χ1) is 12.7. The van der Waals surface area contributed by atoms with Crippen molar-refractivity contribution in [1.82, 2.24) is 4.98 Å². The molecule has 1 saturated carbocycles. The molecule has 0 spiro atoms. The van der Waals surface area contributed by atoms with Gasteiger partial charge in [-0.15, -0.1) is 0 Å². The molecule has 0 unspecified atom stereocenters. The van der Waals surface area contributed by atoms with Crippen LogP contribution in [-0.4, -0.2) is 10.9 Å². The third-order valence-electron chi connectivity index (χ3n) is 5.60. The van der Waals surface area contributed by atoms with Crippen LogP contribution >= 0.6 is 0 Å². The molecule has 0 atom stereocenters. The van der Waals surface area contributed by atoms with E-state index in [-0.39, 0.29) is 17.1 Å². The van der Waals surface area contributed by atoms with Gasteiger partial charge < -0.3 is 10.3 Å². The van der Waals surface area contributed by atoms with Crippen LogP contribution in [0.5, 0.6) is 0 Å². The zero-order valence-corrected chi connectivity index (χ0v) is 16.2. The maximum absolute atomic E-state index is 14.0. The van der Waals surface area contributed by atoms with Crippen molar-refractivity contribution in [2.45, 2.75) is 51.4 Å². The van der Waals surface area contributed by atoms with E-state index in [9.17, 15) is 9.18 Å². The number of hydrogen-bond donors (Lipinski definition) is 2. The number of hydrogen-bond acceptors (Lipinski definition) is 1. The van der Waals surface area contributed by atoms with E-state index in [1.54, 1.807) is 13.0 Å². The van der Waals surface area contributed by atoms with E-state index in [0.29, 0.717) is 5.56 Å². The number of carbonyl (C=O) groups is 1. The Hall–Kier alpha value is -2.62. The van der Waals surface area contributed by atoms with Crippen molar-refractivity contribution in [3.63, 3.8) is 0 Å². The zero-order chi connectivity index (χ0) is 19.4. The maximum atomic E-state index is 14.0. The third-order valence-corrected chi connectivity index (χ3v) is 5.60. The van der Waals surface area contributed by atoms with Gasteiger partial charge in [-0.25, -0.2) is 4.39 Å². The van der Waals surface area contributed by atoms with E-state index in [4.69, 9.17) is 0 Å². The predicted molar refractivity (Wildman–Crippen MR) is 108 cm³/mol. The van der Waals surface area contributed by atoms with Gasteiger partial charge in [0.1, 0.15) is 5.82 Å². The first kappa shape index (κ1) is 17.8. The quantitative estimate of drug-likeness (QED) is 0.626. The zero-order valence-electron chi connectivity index (χ0n) is 16.2. The van der Waals surface area contributed by atoms with Gasteiger partial charge in [-0.2, -0.15) is 0 Å². The highest BCUT2D eigenvalue weighted by atomic mass is 19.1. The fraction of sp³-hybridized carbons (Fsp3) is 0.348. The average molecular weight is 364 g/mol. The van der Waals surface area contributed by atoms with Gasteiger partial charge in [0.2, 0.25) is 5.91 Å². The molecule has 27 heavy (non-hydrogen) atoms. The van der Waals surface area contributed by atoms with Gasteiger partial charge in [-0.05, 0) is 61.2 Å². The van der Waals surface area contributed by atoms with Crippen LogP contribution in [0.15, 0.2) is 42.5 Å². The Labute approximate surface area is 159 Å². The van der Waals surface area contributed by atoms with E-state index in [2.05, 4.69) is 37.1 Å². The number of amides is 1. The van der Waals surface area contributed by atoms with E-state index in [1.165, 1.54) is 6.07 Å². The number of aromatic amines is 1. The molecule has 1 aromatic heterocycles. The number of halogens is 1. The van der Waals surface area contributed by atoms with Crippen molar-refractivity contribution in [3.8, 4) is 0 Å². The lowest BCUT2D eigenvalue weighted by atomic mass is 9.92. The van der Waals surface area contributed by atoms with Crippen LogP contribution in [0.3, 0.4) is 0 Å². The molecule has 0 bridgehead atoms. The van der Waals surface area contributed by atoms with Crippen molar-refractivity contribution >= 4 is 22.5 Å². The summed E-state index contributed by atoms with van der Waals surface area (Å²) < 4.78 is 14.0. The molecule has 0 aliphatic heterocycles. The number of aryl methyl sites for hydroxylation is 1. The van der Waals surface area contributed by atoms with E-state index in [0.717, 1.165) is 40.7 Å². The van der Waals surface area contributed by atoms with Crippen molar-refractivity contribution in [3.05, 3.63) is 65.1 Å². The van der Waals surface area contributed by atoms with Crippen LogP contribution < -0.4 is 5.32 Å². The van der Waals surface area contributed by atoms with Crippen LogP contribution in [-0.2, 0) is 15.6 Å². The normalized spacial score (nSPS) is 15.7. The number of anilines is 1. The van der Waals surface area contributed by atoms with Gasteiger partial charge in [0.25, 0.3) is 0 Å². The molecule has 140 valence electrons. The van der Waals surface area contributed by atoms with Crippen molar-refractivity contribution in [2.24, 2.45) is 0 Å². The number of carbonyl (C=O) groups excluding carboxylic acids is 1. The Morgan fingerprint density at radius 2 is 1.85 bits per heavy atom. The molecule has 1 aliphatic carbocycles. The summed E-state index contributed by atoms with van der Waals surface area (Å²) in [6, 6.07) is 13.2. The lowest BCUT2D eigenvalue weighted by molar-refractivity contribution is -0.118. The minimum absolute atomic E-state index is 0.0377. The highest BCUT2D eigenvalue weighted by molar-refractivity contribution is 6.02. The first-order valence-electron chi connectivity index (χ1n) is 9.40. The third kappa shape index (κ3) is 3.14. The number of aromatic nitrogens is 1. The van der Waals surface area contributed by atoms with Crippen molar-refractivity contribution in [2.75, 3.05) is 5.32 Å². The fourth-order valence-corrected chi connectivity index (χ4v) is 3.53. The number of benzene rings is 2. The minimum Gasteiger partial charge on any atom is -0.358 e. The Morgan fingerprint density at radius 3 is 2.48 bits per heavy atom. The molecule has 1 fully saturated rings. The Bertz CT molecular complexity index is 1040. The SMILES string of the molecule is Cc1ccc(C2(C(=O)Nc3ccc4[nH]c(C(C)(C)C)cc4c3)CC2)cc1F. The monoisotopic (exact) mass is 364 g/mol. The molecule has 1 amide bonds. The van der Waals surface area contributed by atoms with Gasteiger partial charge in [0, 0.05) is 27.7 Å². The van der Waals surface area contributed by atoms with E-state index < -0.39 is 5.41 Å². The summed E-state index contributed by atoms with van der Waals surface area (Å²) in [4.78, 5) is 16.4. The summed E-state index contributed by atoms with van der Waals surface area (Å²) in [6.07, 6.45) is 1.50. The van der Waals surface area contributed by atoms with E-state index >= 15 is 0 Å². The molecule has 0 radical (unpaired) electrons. The predicted octanol–water partition coefficient (Wildman–Crippen LogP) is 5.58. The summed E-state index contributed by atoms with van der Waals surface area (Å²) in [6.45, 7) is 8.23. The number of nitrogens with one attached hydrogen (secondary N) is 2. The Balaban J connectivity index is 1.60. The molecule has 4 heteroatoms. The molecule has 0 saturated heterocycles. The summed E-state index contributed by atoms with van der Waals surface area (Å²) in [7, 11) is 0. The van der Waals surface area contributed by atoms with Gasteiger partial charge in [0.15, 0.2) is 0 Å². The van der Waals surface area contributed by atoms with Crippen LogP contribution in [0, 0.1) is 12.7 Å². The first-order valence-corrected chi connectivity index (χ1v) is 9.40. The van der Waals surface area contributed by atoms with Gasteiger partial charge in [-0.3, -0.25) is 4.79 Å². The maximum Gasteiger partial charge on any atom is 0.235 e. The number of fused-ring (bicyclic) bond motifs is 1. The van der Waals surface area contributed by atoms with E-state index in [1.807, 2.05) is 24.3 Å². The molecule has 3 nitrogen and oxygen atoms in total. The van der Waals surface area contributed by atoms with Crippen molar-refractivity contribution < 1.29 is 9.18 Å². The standard InChI is InChI=1S/C23H25FN2O/c1-14-5-6-16(13-18(14)24)23(9-10-23)21(27)25-17-7-8-19-15(11-17)12-20(26-19)22(2,3)4/h5-8,11-13,26H,9-10H2,1-4H3,(H,25,27). The molecule has 1 heterocycles. The second-order valence-corrected chi connectivity index (χ2v) is 8.74. The Kier molecular flexibility index (Phi) is 3.91. The number of H-pyrrole nitrogens is 1. The molecule has 3 aromatic rings. The largest absolute Gasteiger partial charge is 0.358 e. The number of rotatable bonds is 3. The fourth-order valence-electron chi connectivity index (χ4n) is 3.53. The van der Waals surface area contributed by atoms with Gasteiger partial charge >= 0.3 is 0 Å². The summed E-state index contributed by atoms with van der Waals surface area (Å²) in [5.74, 6) is -0.313. The Morgan fingerprint density at radius 1 is 1.11 bits per heavy atom. The highest BCUT2D eigenvalue weighted by Crippen LogP contribution is 2.49. The molecule has 2 aromatic carbocycles. The molecule has 2 N–H and O–H groups in total. The van der Waals surface area contributed by atoms with Crippen LogP contribution in [0.4, 0.5) is 10.1 Å². The highest BCUT2D eigenvalue weighted by Gasteiger charge is 2.51. The van der Waals surface area contributed by atoms with Crippen LogP contribution in [0.1, 0.15) is 50.4 Å². The summed E-state index contributed by atoms with van der Waals surface area (Å²) >= 11 is 0. The van der Waals surface area contributed by atoms with Crippen molar-refractivity contribution in [1.29, 1.82) is 0 Å². The lowest BCUT2D eigenvalue weighted by Gasteiger charge is -2.16.